The minimum Gasteiger partial charge on any atom is -0.394 e. The van der Waals surface area contributed by atoms with Crippen LogP contribution in [0.2, 0.25) is 0 Å². The Morgan fingerprint density at radius 2 is 1.88 bits per heavy atom. The summed E-state index contributed by atoms with van der Waals surface area (Å²) in [6.07, 6.45) is 2.24. The lowest BCUT2D eigenvalue weighted by Gasteiger charge is -2.36. The van der Waals surface area contributed by atoms with Gasteiger partial charge in [-0.05, 0) is 24.7 Å². The van der Waals surface area contributed by atoms with Gasteiger partial charge in [0.15, 0.2) is 0 Å². The van der Waals surface area contributed by atoms with Gasteiger partial charge < -0.3 is 19.6 Å². The number of aliphatic hydroxyl groups excluding tert-OH is 1. The molecular formula is C19H32F2N2O3. The van der Waals surface area contributed by atoms with Gasteiger partial charge in [-0.3, -0.25) is 4.79 Å². The molecule has 0 unspecified atom stereocenters. The largest absolute Gasteiger partial charge is 0.394 e. The molecule has 3 atom stereocenters. The van der Waals surface area contributed by atoms with Gasteiger partial charge in [0.05, 0.1) is 12.6 Å². The molecule has 3 rings (SSSR count). The fourth-order valence-corrected chi connectivity index (χ4v) is 4.80. The first-order chi connectivity index (χ1) is 12.4. The SMILES string of the molecule is CC[C@@H]1CN(C(=O)C2CCOCC2)[C@H](CO)[C@@H]1CN1CCC(F)(F)CC1. The number of carbonyl (C=O) groups excluding carboxylic acids is 1. The van der Waals surface area contributed by atoms with Gasteiger partial charge in [-0.1, -0.05) is 13.3 Å². The molecule has 3 heterocycles. The summed E-state index contributed by atoms with van der Waals surface area (Å²) in [5, 5.41) is 10.0. The Hall–Kier alpha value is -0.790. The van der Waals surface area contributed by atoms with Crippen molar-refractivity contribution in [1.29, 1.82) is 0 Å². The Bertz CT molecular complexity index is 475. The van der Waals surface area contributed by atoms with E-state index in [1.54, 1.807) is 0 Å². The van der Waals surface area contributed by atoms with Gasteiger partial charge in [0.25, 0.3) is 5.92 Å². The van der Waals surface area contributed by atoms with Crippen LogP contribution in [0.15, 0.2) is 0 Å². The quantitative estimate of drug-likeness (QED) is 0.800. The average molecular weight is 374 g/mol. The van der Waals surface area contributed by atoms with E-state index in [9.17, 15) is 18.7 Å². The van der Waals surface area contributed by atoms with Crippen LogP contribution < -0.4 is 0 Å². The highest BCUT2D eigenvalue weighted by Crippen LogP contribution is 2.36. The predicted molar refractivity (Wildman–Crippen MR) is 94.0 cm³/mol. The van der Waals surface area contributed by atoms with Gasteiger partial charge in [0, 0.05) is 58.2 Å². The molecule has 7 heteroatoms. The number of aliphatic hydroxyl groups is 1. The van der Waals surface area contributed by atoms with Crippen LogP contribution >= 0.6 is 0 Å². The molecule has 0 saturated carbocycles. The van der Waals surface area contributed by atoms with Crippen LogP contribution in [0.25, 0.3) is 0 Å². The summed E-state index contributed by atoms with van der Waals surface area (Å²) >= 11 is 0. The zero-order valence-electron chi connectivity index (χ0n) is 15.7. The van der Waals surface area contributed by atoms with Crippen molar-refractivity contribution in [3.8, 4) is 0 Å². The van der Waals surface area contributed by atoms with E-state index in [-0.39, 0.29) is 43.2 Å². The van der Waals surface area contributed by atoms with E-state index in [2.05, 4.69) is 11.8 Å². The van der Waals surface area contributed by atoms with E-state index in [0.717, 1.165) is 19.3 Å². The minimum absolute atomic E-state index is 0.0114. The van der Waals surface area contributed by atoms with Crippen LogP contribution in [0.3, 0.4) is 0 Å². The Labute approximate surface area is 154 Å². The fraction of sp³-hybridized carbons (Fsp3) is 0.947. The Balaban J connectivity index is 1.65. The van der Waals surface area contributed by atoms with E-state index in [0.29, 0.717) is 45.3 Å². The van der Waals surface area contributed by atoms with Gasteiger partial charge in [0.2, 0.25) is 5.91 Å². The number of hydrogen-bond acceptors (Lipinski definition) is 4. The standard InChI is InChI=1S/C19H32F2N2O3/c1-2-14-11-23(18(25)15-3-9-26-10-4-15)17(13-24)16(14)12-22-7-5-19(20,21)6-8-22/h14-17,24H,2-13H2,1H3/t14-,16-,17-/m1/s1. The third-order valence-corrected chi connectivity index (χ3v) is 6.55. The molecule has 0 aromatic rings. The number of piperidine rings is 1. The van der Waals surface area contributed by atoms with E-state index in [4.69, 9.17) is 4.74 Å². The van der Waals surface area contributed by atoms with Crippen LogP contribution in [0.5, 0.6) is 0 Å². The molecule has 0 aromatic carbocycles. The number of carbonyl (C=O) groups is 1. The summed E-state index contributed by atoms with van der Waals surface area (Å²) in [7, 11) is 0. The molecule has 0 radical (unpaired) electrons. The van der Waals surface area contributed by atoms with Gasteiger partial charge >= 0.3 is 0 Å². The topological polar surface area (TPSA) is 53.0 Å². The molecular weight excluding hydrogens is 342 g/mol. The Kier molecular flexibility index (Phi) is 6.51. The zero-order chi connectivity index (χ0) is 18.7. The van der Waals surface area contributed by atoms with Crippen molar-refractivity contribution >= 4 is 5.91 Å². The number of amides is 1. The lowest BCUT2D eigenvalue weighted by molar-refractivity contribution is -0.140. The van der Waals surface area contributed by atoms with Crippen LogP contribution in [0, 0.1) is 17.8 Å². The number of halogens is 2. The normalized spacial score (nSPS) is 33.5. The second kappa shape index (κ2) is 8.48. The summed E-state index contributed by atoms with van der Waals surface area (Å²) < 4.78 is 32.2. The highest BCUT2D eigenvalue weighted by atomic mass is 19.3. The van der Waals surface area contributed by atoms with Crippen LogP contribution in [0.1, 0.15) is 39.0 Å². The molecule has 0 spiro atoms. The minimum atomic E-state index is -2.54. The smallest absolute Gasteiger partial charge is 0.250 e. The molecule has 5 nitrogen and oxygen atoms in total. The number of alkyl halides is 2. The van der Waals surface area contributed by atoms with Crippen molar-refractivity contribution < 1.29 is 23.4 Å². The lowest BCUT2D eigenvalue weighted by atomic mass is 9.87. The molecule has 3 aliphatic heterocycles. The second-order valence-electron chi connectivity index (χ2n) is 8.12. The van der Waals surface area contributed by atoms with Crippen molar-refractivity contribution in [3.05, 3.63) is 0 Å². The zero-order valence-corrected chi connectivity index (χ0v) is 15.7. The molecule has 0 aromatic heterocycles. The first-order valence-corrected chi connectivity index (χ1v) is 10.0. The molecule has 1 amide bonds. The van der Waals surface area contributed by atoms with Crippen LogP contribution in [-0.2, 0) is 9.53 Å². The number of likely N-dealkylation sites (tertiary alicyclic amines) is 2. The first-order valence-electron chi connectivity index (χ1n) is 10.0. The monoisotopic (exact) mass is 374 g/mol. The lowest BCUT2D eigenvalue weighted by Crippen LogP contribution is -2.48. The molecule has 3 aliphatic rings. The number of hydrogen-bond donors (Lipinski definition) is 1. The number of rotatable bonds is 5. The summed E-state index contributed by atoms with van der Waals surface area (Å²) in [5.41, 5.74) is 0. The molecule has 3 saturated heterocycles. The maximum atomic E-state index is 13.4. The van der Waals surface area contributed by atoms with Gasteiger partial charge in [-0.2, -0.15) is 0 Å². The summed E-state index contributed by atoms with van der Waals surface area (Å²) in [5.74, 6) is -1.95. The second-order valence-corrected chi connectivity index (χ2v) is 8.12. The third-order valence-electron chi connectivity index (χ3n) is 6.55. The van der Waals surface area contributed by atoms with Gasteiger partial charge in [-0.15, -0.1) is 0 Å². The van der Waals surface area contributed by atoms with E-state index in [1.165, 1.54) is 0 Å². The van der Waals surface area contributed by atoms with Crippen LogP contribution in [0.4, 0.5) is 8.78 Å². The van der Waals surface area contributed by atoms with E-state index in [1.807, 2.05) is 4.90 Å². The Morgan fingerprint density at radius 1 is 1.23 bits per heavy atom. The Morgan fingerprint density at radius 3 is 2.46 bits per heavy atom. The summed E-state index contributed by atoms with van der Waals surface area (Å²) in [6, 6.07) is -0.197. The number of ether oxygens (including phenoxy) is 1. The van der Waals surface area contributed by atoms with Crippen LogP contribution in [-0.4, -0.2) is 78.8 Å². The maximum Gasteiger partial charge on any atom is 0.250 e. The van der Waals surface area contributed by atoms with Crippen molar-refractivity contribution in [2.75, 3.05) is 46.0 Å². The molecule has 1 N–H and O–H groups in total. The molecule has 0 aliphatic carbocycles. The predicted octanol–water partition coefficient (Wildman–Crippen LogP) is 1.99. The summed E-state index contributed by atoms with van der Waals surface area (Å²) in [4.78, 5) is 17.0. The van der Waals surface area contributed by atoms with E-state index >= 15 is 0 Å². The van der Waals surface area contributed by atoms with Gasteiger partial charge in [-0.25, -0.2) is 8.78 Å². The average Bonchev–Trinajstić information content (AvgIpc) is 3.01. The fourth-order valence-electron chi connectivity index (χ4n) is 4.80. The molecule has 0 bridgehead atoms. The van der Waals surface area contributed by atoms with Crippen molar-refractivity contribution in [1.82, 2.24) is 9.80 Å². The van der Waals surface area contributed by atoms with Crippen molar-refractivity contribution in [2.24, 2.45) is 17.8 Å². The first kappa shape index (κ1) is 20.0. The van der Waals surface area contributed by atoms with Crippen molar-refractivity contribution in [2.45, 2.75) is 51.0 Å². The highest BCUT2D eigenvalue weighted by Gasteiger charge is 2.45. The molecule has 26 heavy (non-hydrogen) atoms. The molecule has 150 valence electrons. The highest BCUT2D eigenvalue weighted by molar-refractivity contribution is 5.79. The van der Waals surface area contributed by atoms with Crippen molar-refractivity contribution in [3.63, 3.8) is 0 Å². The van der Waals surface area contributed by atoms with Gasteiger partial charge in [0.1, 0.15) is 0 Å². The van der Waals surface area contributed by atoms with E-state index < -0.39 is 5.92 Å². The maximum absolute atomic E-state index is 13.4. The third kappa shape index (κ3) is 4.37. The molecule has 3 fully saturated rings. The summed E-state index contributed by atoms with van der Waals surface area (Å²) in [6.45, 7) is 5.45. The number of nitrogens with zero attached hydrogens (tertiary/aromatic N) is 2.